The number of hydrogen-bond donors (Lipinski definition) is 1. The van der Waals surface area contributed by atoms with Crippen LogP contribution < -0.4 is 0 Å². The first-order chi connectivity index (χ1) is 10.7. The van der Waals surface area contributed by atoms with Crippen LogP contribution in [-0.4, -0.2) is 48.1 Å². The lowest BCUT2D eigenvalue weighted by Gasteiger charge is -2.29. The maximum atomic E-state index is 12.4. The maximum absolute atomic E-state index is 12.4. The van der Waals surface area contributed by atoms with E-state index in [9.17, 15) is 4.79 Å². The molecule has 0 saturated heterocycles. The summed E-state index contributed by atoms with van der Waals surface area (Å²) >= 11 is 0. The number of aliphatic hydroxyl groups is 1. The van der Waals surface area contributed by atoms with Crippen molar-refractivity contribution >= 4 is 6.09 Å². The zero-order chi connectivity index (χ0) is 17.5. The normalized spacial score (nSPS) is 12.8. The molecule has 1 atom stereocenters. The molecular weight excluding hydrogens is 294 g/mol. The number of methoxy groups -OCH3 is 1. The van der Waals surface area contributed by atoms with Crippen molar-refractivity contribution in [3.63, 3.8) is 0 Å². The van der Waals surface area contributed by atoms with E-state index in [0.717, 1.165) is 11.1 Å². The zero-order valence-electron chi connectivity index (χ0n) is 14.8. The first kappa shape index (κ1) is 19.5. The Kier molecular flexibility index (Phi) is 7.52. The summed E-state index contributed by atoms with van der Waals surface area (Å²) in [4.78, 5) is 14.1. The standard InChI is InChI=1S/C18H29NO4/c1-14(22-5)12-19(17(21)23-18(2,3)4)13-16-8-6-7-15(11-16)9-10-20/h6-8,11,14,20H,9-10,12-13H2,1-5H3. The second-order valence-corrected chi connectivity index (χ2v) is 6.70. The number of aliphatic hydroxyl groups excluding tert-OH is 1. The molecule has 0 radical (unpaired) electrons. The van der Waals surface area contributed by atoms with E-state index in [-0.39, 0.29) is 18.8 Å². The fourth-order valence-electron chi connectivity index (χ4n) is 2.15. The van der Waals surface area contributed by atoms with Crippen LogP contribution in [0.3, 0.4) is 0 Å². The number of rotatable bonds is 7. The number of carbonyl (C=O) groups excluding carboxylic acids is 1. The lowest BCUT2D eigenvalue weighted by Crippen LogP contribution is -2.40. The fourth-order valence-corrected chi connectivity index (χ4v) is 2.15. The van der Waals surface area contributed by atoms with Crippen LogP contribution in [0.5, 0.6) is 0 Å². The minimum absolute atomic E-state index is 0.0804. The van der Waals surface area contributed by atoms with Crippen LogP contribution >= 0.6 is 0 Å². The summed E-state index contributed by atoms with van der Waals surface area (Å²) < 4.78 is 10.8. The highest BCUT2D eigenvalue weighted by Gasteiger charge is 2.23. The highest BCUT2D eigenvalue weighted by Crippen LogP contribution is 2.15. The number of ether oxygens (including phenoxy) is 2. The van der Waals surface area contributed by atoms with Crippen LogP contribution in [0, 0.1) is 0 Å². The van der Waals surface area contributed by atoms with Crippen LogP contribution in [0.1, 0.15) is 38.8 Å². The van der Waals surface area contributed by atoms with Crippen molar-refractivity contribution in [1.29, 1.82) is 0 Å². The molecule has 0 aliphatic heterocycles. The third-order valence-electron chi connectivity index (χ3n) is 3.30. The van der Waals surface area contributed by atoms with Crippen molar-refractivity contribution < 1.29 is 19.4 Å². The molecule has 1 amide bonds. The predicted octanol–water partition coefficient (Wildman–Crippen LogP) is 2.99. The molecule has 0 fully saturated rings. The smallest absolute Gasteiger partial charge is 0.410 e. The Balaban J connectivity index is 2.87. The highest BCUT2D eigenvalue weighted by atomic mass is 16.6. The van der Waals surface area contributed by atoms with Crippen molar-refractivity contribution in [3.05, 3.63) is 35.4 Å². The molecule has 0 heterocycles. The third-order valence-corrected chi connectivity index (χ3v) is 3.30. The molecule has 0 spiro atoms. The van der Waals surface area contributed by atoms with Gasteiger partial charge in [0, 0.05) is 20.3 Å². The van der Waals surface area contributed by atoms with Gasteiger partial charge in [-0.25, -0.2) is 4.79 Å². The van der Waals surface area contributed by atoms with E-state index < -0.39 is 5.60 Å². The van der Waals surface area contributed by atoms with E-state index in [0.29, 0.717) is 19.5 Å². The molecule has 23 heavy (non-hydrogen) atoms. The SMILES string of the molecule is COC(C)CN(Cc1cccc(CCO)c1)C(=O)OC(C)(C)C. The van der Waals surface area contributed by atoms with Crippen molar-refractivity contribution in [2.24, 2.45) is 0 Å². The van der Waals surface area contributed by atoms with Crippen molar-refractivity contribution in [1.82, 2.24) is 4.90 Å². The molecule has 1 aromatic rings. The van der Waals surface area contributed by atoms with E-state index in [1.807, 2.05) is 52.0 Å². The van der Waals surface area contributed by atoms with Crippen molar-refractivity contribution in [2.75, 3.05) is 20.3 Å². The Morgan fingerprint density at radius 3 is 2.52 bits per heavy atom. The van der Waals surface area contributed by atoms with Gasteiger partial charge in [-0.05, 0) is 45.2 Å². The average Bonchev–Trinajstić information content (AvgIpc) is 2.45. The molecule has 5 nitrogen and oxygen atoms in total. The molecular formula is C18H29NO4. The molecule has 1 N–H and O–H groups in total. The summed E-state index contributed by atoms with van der Waals surface area (Å²) in [5.41, 5.74) is 1.52. The van der Waals surface area contributed by atoms with Crippen LogP contribution in [0.4, 0.5) is 4.79 Å². The predicted molar refractivity (Wildman–Crippen MR) is 90.3 cm³/mol. The minimum Gasteiger partial charge on any atom is -0.444 e. The fraction of sp³-hybridized carbons (Fsp3) is 0.611. The van der Waals surface area contributed by atoms with Gasteiger partial charge in [0.15, 0.2) is 0 Å². The second-order valence-electron chi connectivity index (χ2n) is 6.70. The van der Waals surface area contributed by atoms with Gasteiger partial charge in [0.2, 0.25) is 0 Å². The minimum atomic E-state index is -0.537. The number of carbonyl (C=O) groups is 1. The van der Waals surface area contributed by atoms with Gasteiger partial charge >= 0.3 is 6.09 Å². The summed E-state index contributed by atoms with van der Waals surface area (Å²) in [5.74, 6) is 0. The topological polar surface area (TPSA) is 59.0 Å². The van der Waals surface area contributed by atoms with E-state index in [2.05, 4.69) is 0 Å². The van der Waals surface area contributed by atoms with E-state index in [1.165, 1.54) is 0 Å². The molecule has 130 valence electrons. The van der Waals surface area contributed by atoms with Crippen LogP contribution in [0.15, 0.2) is 24.3 Å². The molecule has 0 aromatic heterocycles. The first-order valence-corrected chi connectivity index (χ1v) is 7.94. The molecule has 0 bridgehead atoms. The van der Waals surface area contributed by atoms with Gasteiger partial charge in [0.25, 0.3) is 0 Å². The van der Waals surface area contributed by atoms with E-state index >= 15 is 0 Å². The number of amides is 1. The van der Waals surface area contributed by atoms with Gasteiger partial charge in [0.1, 0.15) is 5.60 Å². The number of hydrogen-bond acceptors (Lipinski definition) is 4. The number of benzene rings is 1. The van der Waals surface area contributed by atoms with Gasteiger partial charge in [-0.3, -0.25) is 0 Å². The molecule has 1 unspecified atom stereocenters. The van der Waals surface area contributed by atoms with Gasteiger partial charge in [-0.15, -0.1) is 0 Å². The molecule has 0 saturated carbocycles. The highest BCUT2D eigenvalue weighted by molar-refractivity contribution is 5.68. The summed E-state index contributed by atoms with van der Waals surface area (Å²) in [6.07, 6.45) is 0.173. The summed E-state index contributed by atoms with van der Waals surface area (Å²) in [7, 11) is 1.62. The van der Waals surface area contributed by atoms with E-state index in [4.69, 9.17) is 14.6 Å². The van der Waals surface area contributed by atoms with Crippen molar-refractivity contribution in [3.8, 4) is 0 Å². The Labute approximate surface area is 139 Å². The summed E-state index contributed by atoms with van der Waals surface area (Å²) in [6.45, 7) is 8.48. The van der Waals surface area contributed by atoms with E-state index in [1.54, 1.807) is 12.0 Å². The van der Waals surface area contributed by atoms with Gasteiger partial charge in [-0.1, -0.05) is 24.3 Å². The zero-order valence-corrected chi connectivity index (χ0v) is 14.8. The second kappa shape index (κ2) is 8.89. The Hall–Kier alpha value is -1.59. The molecule has 0 aliphatic carbocycles. The Morgan fingerprint density at radius 1 is 1.30 bits per heavy atom. The number of nitrogens with zero attached hydrogens (tertiary/aromatic N) is 1. The molecule has 0 aliphatic rings. The maximum Gasteiger partial charge on any atom is 0.410 e. The van der Waals surface area contributed by atoms with Crippen LogP contribution in [0.2, 0.25) is 0 Å². The third kappa shape index (κ3) is 7.48. The summed E-state index contributed by atoms with van der Waals surface area (Å²) in [6, 6.07) is 7.88. The summed E-state index contributed by atoms with van der Waals surface area (Å²) in [5, 5.41) is 9.06. The first-order valence-electron chi connectivity index (χ1n) is 7.94. The monoisotopic (exact) mass is 323 g/mol. The average molecular weight is 323 g/mol. The lowest BCUT2D eigenvalue weighted by molar-refractivity contribution is 0.00892. The molecule has 1 rings (SSSR count). The molecule has 5 heteroatoms. The molecule has 1 aromatic carbocycles. The van der Waals surface area contributed by atoms with Gasteiger partial charge in [0.05, 0.1) is 12.6 Å². The van der Waals surface area contributed by atoms with Gasteiger partial charge in [-0.2, -0.15) is 0 Å². The van der Waals surface area contributed by atoms with Crippen LogP contribution in [-0.2, 0) is 22.4 Å². The van der Waals surface area contributed by atoms with Crippen LogP contribution in [0.25, 0.3) is 0 Å². The lowest BCUT2D eigenvalue weighted by atomic mass is 10.1. The largest absolute Gasteiger partial charge is 0.444 e. The van der Waals surface area contributed by atoms with Gasteiger partial charge < -0.3 is 19.5 Å². The Bertz CT molecular complexity index is 496. The quantitative estimate of drug-likeness (QED) is 0.838. The Morgan fingerprint density at radius 2 is 1.96 bits per heavy atom. The van der Waals surface area contributed by atoms with Crippen molar-refractivity contribution in [2.45, 2.75) is 52.4 Å².